The van der Waals surface area contributed by atoms with Crippen molar-refractivity contribution in [1.82, 2.24) is 0 Å². The third-order valence-corrected chi connectivity index (χ3v) is 5.42. The summed E-state index contributed by atoms with van der Waals surface area (Å²) < 4.78 is 5.31. The molecule has 1 heterocycles. The zero-order chi connectivity index (χ0) is 21.3. The van der Waals surface area contributed by atoms with E-state index in [1.165, 1.54) is 18.2 Å². The highest BCUT2D eigenvalue weighted by Gasteiger charge is 2.51. The molecule has 10 heteroatoms. The number of rotatable bonds is 5. The van der Waals surface area contributed by atoms with E-state index >= 15 is 0 Å². The molecule has 1 aliphatic heterocycles. The van der Waals surface area contributed by atoms with Crippen LogP contribution in [0.2, 0.25) is 20.1 Å². The Morgan fingerprint density at radius 1 is 1.14 bits per heavy atom. The van der Waals surface area contributed by atoms with Gasteiger partial charge in [-0.2, -0.15) is 0 Å². The van der Waals surface area contributed by atoms with Crippen LogP contribution in [0.1, 0.15) is 18.9 Å². The second kappa shape index (κ2) is 8.48. The number of benzene rings is 2. The summed E-state index contributed by atoms with van der Waals surface area (Å²) in [5.74, 6) is -1.83. The summed E-state index contributed by atoms with van der Waals surface area (Å²) in [5.41, 5.74) is -0.570. The number of carboxylic acids is 1. The van der Waals surface area contributed by atoms with E-state index in [0.29, 0.717) is 27.0 Å². The van der Waals surface area contributed by atoms with Crippen LogP contribution in [0.5, 0.6) is 0 Å². The maximum atomic E-state index is 13.2. The van der Waals surface area contributed by atoms with Gasteiger partial charge in [-0.15, -0.1) is 0 Å². The minimum Gasteiger partial charge on any atom is -0.480 e. The van der Waals surface area contributed by atoms with Gasteiger partial charge in [-0.25, -0.2) is 9.59 Å². The van der Waals surface area contributed by atoms with Gasteiger partial charge in [-0.1, -0.05) is 46.4 Å². The molecule has 3 rings (SSSR count). The number of anilines is 2. The number of carbonyl (C=O) groups excluding carboxylic acids is 1. The number of hydrogen-bond acceptors (Lipinski definition) is 5. The monoisotopic (exact) mass is 476 g/mol. The van der Waals surface area contributed by atoms with E-state index in [-0.39, 0.29) is 23.1 Å². The number of fused-ring (bicyclic) bond motifs is 1. The van der Waals surface area contributed by atoms with Crippen LogP contribution < -0.4 is 10.6 Å². The van der Waals surface area contributed by atoms with Gasteiger partial charge in [0.05, 0.1) is 11.6 Å². The molecule has 0 bridgehead atoms. The Balaban J connectivity index is 2.25. The number of carbonyl (C=O) groups is 2. The number of hydrogen-bond donors (Lipinski definition) is 3. The molecule has 0 saturated heterocycles. The van der Waals surface area contributed by atoms with Crippen molar-refractivity contribution in [2.24, 2.45) is 0 Å². The van der Waals surface area contributed by atoms with Crippen molar-refractivity contribution in [3.63, 3.8) is 0 Å². The molecule has 0 aliphatic carbocycles. The number of ether oxygens (including phenoxy) is 1. The van der Waals surface area contributed by atoms with E-state index in [1.54, 1.807) is 19.1 Å². The molecule has 29 heavy (non-hydrogen) atoms. The van der Waals surface area contributed by atoms with Crippen LogP contribution in [0.25, 0.3) is 0 Å². The summed E-state index contributed by atoms with van der Waals surface area (Å²) in [6.45, 7) is 1.74. The molecule has 1 aliphatic rings. The molecule has 2 unspecified atom stereocenters. The summed E-state index contributed by atoms with van der Waals surface area (Å²) in [7, 11) is 0. The maximum absolute atomic E-state index is 13.2. The van der Waals surface area contributed by atoms with Gasteiger partial charge in [-0.05, 0) is 37.3 Å². The molecule has 0 aromatic heterocycles. The van der Waals surface area contributed by atoms with Gasteiger partial charge in [0.15, 0.2) is 5.54 Å². The fourth-order valence-corrected chi connectivity index (χ4v) is 4.57. The molecule has 2 aromatic rings. The number of halogens is 4. The molecule has 3 N–H and O–H groups in total. The average Bonchev–Trinajstić information content (AvgIpc) is 2.59. The van der Waals surface area contributed by atoms with Gasteiger partial charge in [-0.3, -0.25) is 0 Å². The Labute approximate surface area is 187 Å². The lowest BCUT2D eigenvalue weighted by atomic mass is 9.79. The van der Waals surface area contributed by atoms with Crippen LogP contribution >= 0.6 is 46.4 Å². The Bertz CT molecular complexity index is 965. The van der Waals surface area contributed by atoms with Gasteiger partial charge < -0.3 is 20.5 Å². The van der Waals surface area contributed by atoms with Gasteiger partial charge in [0, 0.05) is 38.4 Å². The predicted octanol–water partition coefficient (Wildman–Crippen LogP) is 5.44. The summed E-state index contributed by atoms with van der Waals surface area (Å²) >= 11 is 24.8. The standard InChI is InChI=1S/C19H16Cl4N2O4/c1-2-29-18(28)19(25-12-4-9(20)3-10(21)5-12)8-15(17(26)27)24-14-7-11(22)6-13(23)16(14)19/h3-7,15,24-25H,2,8H2,1H3,(H,26,27). The topological polar surface area (TPSA) is 87.7 Å². The summed E-state index contributed by atoms with van der Waals surface area (Å²) in [6, 6.07) is 6.55. The molecule has 0 radical (unpaired) electrons. The Morgan fingerprint density at radius 3 is 2.34 bits per heavy atom. The largest absolute Gasteiger partial charge is 0.480 e. The van der Waals surface area contributed by atoms with Crippen molar-refractivity contribution in [1.29, 1.82) is 0 Å². The molecular formula is C19H16Cl4N2O4. The van der Waals surface area contributed by atoms with E-state index in [4.69, 9.17) is 51.1 Å². The second-order valence-electron chi connectivity index (χ2n) is 6.46. The summed E-state index contributed by atoms with van der Waals surface area (Å²) in [6.07, 6.45) is -0.181. The number of aliphatic carboxylic acids is 1. The van der Waals surface area contributed by atoms with E-state index in [2.05, 4.69) is 10.6 Å². The van der Waals surface area contributed by atoms with Crippen molar-refractivity contribution >= 4 is 69.7 Å². The van der Waals surface area contributed by atoms with E-state index < -0.39 is 23.5 Å². The van der Waals surface area contributed by atoms with Crippen molar-refractivity contribution < 1.29 is 19.4 Å². The van der Waals surface area contributed by atoms with Crippen LogP contribution in [-0.4, -0.2) is 29.7 Å². The van der Waals surface area contributed by atoms with Crippen LogP contribution in [0, 0.1) is 0 Å². The highest BCUT2D eigenvalue weighted by molar-refractivity contribution is 6.36. The average molecular weight is 478 g/mol. The van der Waals surface area contributed by atoms with Gasteiger partial charge >= 0.3 is 11.9 Å². The predicted molar refractivity (Wildman–Crippen MR) is 115 cm³/mol. The minimum atomic E-state index is -1.62. The minimum absolute atomic E-state index is 0.0876. The second-order valence-corrected chi connectivity index (χ2v) is 8.17. The molecule has 0 amide bonds. The number of nitrogens with one attached hydrogen (secondary N) is 2. The highest BCUT2D eigenvalue weighted by Crippen LogP contribution is 2.46. The quantitative estimate of drug-likeness (QED) is 0.497. The lowest BCUT2D eigenvalue weighted by molar-refractivity contribution is -0.150. The Morgan fingerprint density at radius 2 is 1.76 bits per heavy atom. The fraction of sp³-hybridized carbons (Fsp3) is 0.263. The molecule has 154 valence electrons. The summed E-state index contributed by atoms with van der Waals surface area (Å²) in [5, 5.41) is 16.8. The lowest BCUT2D eigenvalue weighted by Crippen LogP contribution is -2.53. The van der Waals surface area contributed by atoms with Crippen LogP contribution in [0.4, 0.5) is 11.4 Å². The number of esters is 1. The van der Waals surface area contributed by atoms with Crippen LogP contribution in [0.3, 0.4) is 0 Å². The van der Waals surface area contributed by atoms with Crippen molar-refractivity contribution in [3.8, 4) is 0 Å². The van der Waals surface area contributed by atoms with Gasteiger partial charge in [0.25, 0.3) is 0 Å². The molecule has 0 saturated carbocycles. The van der Waals surface area contributed by atoms with Crippen LogP contribution in [0.15, 0.2) is 30.3 Å². The number of carboxylic acid groups (broad SMARTS) is 1. The fourth-order valence-electron chi connectivity index (χ4n) is 3.39. The van der Waals surface area contributed by atoms with E-state index in [1.807, 2.05) is 0 Å². The molecular weight excluding hydrogens is 462 g/mol. The molecule has 6 nitrogen and oxygen atoms in total. The zero-order valence-corrected chi connectivity index (χ0v) is 18.1. The first-order chi connectivity index (χ1) is 13.7. The zero-order valence-electron chi connectivity index (χ0n) is 15.1. The normalized spacial score (nSPS) is 20.4. The van der Waals surface area contributed by atoms with E-state index in [9.17, 15) is 14.7 Å². The highest BCUT2D eigenvalue weighted by atomic mass is 35.5. The van der Waals surface area contributed by atoms with Crippen molar-refractivity contribution in [2.45, 2.75) is 24.9 Å². The van der Waals surface area contributed by atoms with Gasteiger partial charge in [0.1, 0.15) is 6.04 Å². The van der Waals surface area contributed by atoms with Crippen LogP contribution in [-0.2, 0) is 19.9 Å². The molecule has 0 fully saturated rings. The smallest absolute Gasteiger partial charge is 0.336 e. The Kier molecular flexibility index (Phi) is 6.39. The SMILES string of the molecule is CCOC(=O)C1(Nc2cc(Cl)cc(Cl)c2)CC(C(=O)O)Nc2cc(Cl)cc(Cl)c21. The third kappa shape index (κ3) is 4.36. The maximum Gasteiger partial charge on any atom is 0.336 e. The first kappa shape index (κ1) is 21.8. The lowest BCUT2D eigenvalue weighted by Gasteiger charge is -2.41. The third-order valence-electron chi connectivity index (χ3n) is 4.46. The van der Waals surface area contributed by atoms with Gasteiger partial charge in [0.2, 0.25) is 0 Å². The summed E-state index contributed by atoms with van der Waals surface area (Å²) in [4.78, 5) is 25.0. The molecule has 2 aromatic carbocycles. The first-order valence-electron chi connectivity index (χ1n) is 8.56. The van der Waals surface area contributed by atoms with Crippen molar-refractivity contribution in [3.05, 3.63) is 56.0 Å². The van der Waals surface area contributed by atoms with Crippen molar-refractivity contribution in [2.75, 3.05) is 17.2 Å². The molecule has 2 atom stereocenters. The first-order valence-corrected chi connectivity index (χ1v) is 10.1. The molecule has 0 spiro atoms. The Hall–Kier alpha value is -1.86. The van der Waals surface area contributed by atoms with E-state index in [0.717, 1.165) is 0 Å².